The van der Waals surface area contributed by atoms with E-state index in [0.29, 0.717) is 13.2 Å². The molecule has 0 aliphatic carbocycles. The highest BCUT2D eigenvalue weighted by atomic mass is 79.9. The Morgan fingerprint density at radius 1 is 1.05 bits per heavy atom. The summed E-state index contributed by atoms with van der Waals surface area (Å²) in [5.74, 6) is 1.59. The summed E-state index contributed by atoms with van der Waals surface area (Å²) in [5.41, 5.74) is 2.22. The molecule has 0 bridgehead atoms. The normalized spacial score (nSPS) is 12.0. The van der Waals surface area contributed by atoms with Crippen LogP contribution >= 0.6 is 15.9 Å². The van der Waals surface area contributed by atoms with Gasteiger partial charge in [0, 0.05) is 23.1 Å². The molecule has 1 heterocycles. The van der Waals surface area contributed by atoms with E-state index in [4.69, 9.17) is 9.47 Å². The maximum absolute atomic E-state index is 5.67. The van der Waals surface area contributed by atoms with Gasteiger partial charge in [-0.25, -0.2) is 0 Å². The van der Waals surface area contributed by atoms with Crippen molar-refractivity contribution in [1.29, 1.82) is 0 Å². The fourth-order valence-electron chi connectivity index (χ4n) is 2.08. The van der Waals surface area contributed by atoms with Gasteiger partial charge >= 0.3 is 0 Å². The number of nitrogens with zero attached hydrogens (tertiary/aromatic N) is 1. The van der Waals surface area contributed by atoms with Gasteiger partial charge in [0.05, 0.1) is 13.2 Å². The summed E-state index contributed by atoms with van der Waals surface area (Å²) < 4.78 is 11.3. The van der Waals surface area contributed by atoms with E-state index in [-0.39, 0.29) is 4.83 Å². The van der Waals surface area contributed by atoms with Gasteiger partial charge in [-0.2, -0.15) is 0 Å². The lowest BCUT2D eigenvalue weighted by atomic mass is 10.1. The molecule has 1 unspecified atom stereocenters. The molecule has 4 heteroatoms. The second kappa shape index (κ2) is 8.03. The molecular formula is C17H20BrNO2. The van der Waals surface area contributed by atoms with Gasteiger partial charge in [0.25, 0.3) is 0 Å². The van der Waals surface area contributed by atoms with Gasteiger partial charge in [0.1, 0.15) is 0 Å². The smallest absolute Gasteiger partial charge is 0.161 e. The number of hydrogen-bond donors (Lipinski definition) is 0. The lowest BCUT2D eigenvalue weighted by Gasteiger charge is -2.15. The number of aromatic nitrogens is 1. The van der Waals surface area contributed by atoms with Crippen LogP contribution in [0.15, 0.2) is 42.6 Å². The van der Waals surface area contributed by atoms with E-state index in [9.17, 15) is 0 Å². The van der Waals surface area contributed by atoms with E-state index >= 15 is 0 Å². The van der Waals surface area contributed by atoms with Crippen LogP contribution < -0.4 is 9.47 Å². The minimum absolute atomic E-state index is 0.197. The van der Waals surface area contributed by atoms with E-state index in [1.807, 2.05) is 50.4 Å². The van der Waals surface area contributed by atoms with E-state index in [1.54, 1.807) is 0 Å². The zero-order valence-corrected chi connectivity index (χ0v) is 14.0. The molecule has 112 valence electrons. The number of rotatable bonds is 7. The van der Waals surface area contributed by atoms with Gasteiger partial charge in [-0.1, -0.05) is 28.1 Å². The Hall–Kier alpha value is -1.55. The number of pyridine rings is 1. The third-order valence-corrected chi connectivity index (χ3v) is 3.90. The summed E-state index contributed by atoms with van der Waals surface area (Å²) >= 11 is 3.74. The van der Waals surface area contributed by atoms with Crippen LogP contribution in [0, 0.1) is 0 Å². The van der Waals surface area contributed by atoms with Crippen LogP contribution in [0.4, 0.5) is 0 Å². The summed E-state index contributed by atoms with van der Waals surface area (Å²) in [4.78, 5) is 4.56. The number of benzene rings is 1. The van der Waals surface area contributed by atoms with Crippen LogP contribution in [-0.2, 0) is 6.42 Å². The first-order chi connectivity index (χ1) is 10.2. The highest BCUT2D eigenvalue weighted by Crippen LogP contribution is 2.34. The molecule has 0 fully saturated rings. The SMILES string of the molecule is CCOc1ccc(C(Br)Cc2ccccn2)cc1OCC. The summed E-state index contributed by atoms with van der Waals surface area (Å²) in [7, 11) is 0. The van der Waals surface area contributed by atoms with Crippen LogP contribution in [0.2, 0.25) is 0 Å². The minimum Gasteiger partial charge on any atom is -0.490 e. The highest BCUT2D eigenvalue weighted by molar-refractivity contribution is 9.09. The lowest BCUT2D eigenvalue weighted by Crippen LogP contribution is -2.01. The molecule has 1 atom stereocenters. The van der Waals surface area contributed by atoms with Crippen molar-refractivity contribution < 1.29 is 9.47 Å². The van der Waals surface area contributed by atoms with Crippen molar-refractivity contribution >= 4 is 15.9 Å². The molecule has 0 saturated heterocycles. The first kappa shape index (κ1) is 15.8. The van der Waals surface area contributed by atoms with Gasteiger partial charge in [0.2, 0.25) is 0 Å². The van der Waals surface area contributed by atoms with Crippen molar-refractivity contribution in [1.82, 2.24) is 4.98 Å². The average molecular weight is 350 g/mol. The van der Waals surface area contributed by atoms with Crippen LogP contribution in [0.5, 0.6) is 11.5 Å². The van der Waals surface area contributed by atoms with Crippen molar-refractivity contribution in [2.75, 3.05) is 13.2 Å². The molecule has 3 nitrogen and oxygen atoms in total. The Bertz CT molecular complexity index is 560. The fraction of sp³-hybridized carbons (Fsp3) is 0.353. The van der Waals surface area contributed by atoms with Gasteiger partial charge in [-0.3, -0.25) is 4.98 Å². The summed E-state index contributed by atoms with van der Waals surface area (Å²) in [6, 6.07) is 12.0. The Morgan fingerprint density at radius 3 is 2.48 bits per heavy atom. The summed E-state index contributed by atoms with van der Waals surface area (Å²) in [5, 5.41) is 0. The van der Waals surface area contributed by atoms with E-state index < -0.39 is 0 Å². The number of halogens is 1. The fourth-order valence-corrected chi connectivity index (χ4v) is 2.70. The third-order valence-electron chi connectivity index (χ3n) is 3.04. The van der Waals surface area contributed by atoms with Gasteiger partial charge < -0.3 is 9.47 Å². The maximum Gasteiger partial charge on any atom is 0.161 e. The summed E-state index contributed by atoms with van der Waals surface area (Å²) in [6.45, 7) is 5.20. The predicted octanol–water partition coefficient (Wildman–Crippen LogP) is 4.56. The largest absolute Gasteiger partial charge is 0.490 e. The highest BCUT2D eigenvalue weighted by Gasteiger charge is 2.13. The molecule has 2 aromatic rings. The topological polar surface area (TPSA) is 31.4 Å². The quantitative estimate of drug-likeness (QED) is 0.686. The molecular weight excluding hydrogens is 330 g/mol. The molecule has 21 heavy (non-hydrogen) atoms. The van der Waals surface area contributed by atoms with Crippen LogP contribution in [0.3, 0.4) is 0 Å². The maximum atomic E-state index is 5.67. The second-order valence-corrected chi connectivity index (χ2v) is 5.67. The Balaban J connectivity index is 2.17. The molecule has 0 spiro atoms. The first-order valence-corrected chi connectivity index (χ1v) is 8.09. The van der Waals surface area contributed by atoms with Gasteiger partial charge in [0.15, 0.2) is 11.5 Å². The van der Waals surface area contributed by atoms with E-state index in [1.165, 1.54) is 0 Å². The molecule has 0 aliphatic heterocycles. The first-order valence-electron chi connectivity index (χ1n) is 7.18. The monoisotopic (exact) mass is 349 g/mol. The molecule has 1 aromatic heterocycles. The molecule has 2 rings (SSSR count). The Labute approximate surface area is 134 Å². The van der Waals surface area contributed by atoms with Crippen molar-refractivity contribution in [3.05, 3.63) is 53.9 Å². The predicted molar refractivity (Wildman–Crippen MR) is 88.4 cm³/mol. The van der Waals surface area contributed by atoms with E-state index in [0.717, 1.165) is 29.2 Å². The summed E-state index contributed by atoms with van der Waals surface area (Å²) in [6.07, 6.45) is 2.65. The standard InChI is InChI=1S/C17H20BrNO2/c1-3-20-16-9-8-13(11-17(16)21-4-2)15(18)12-14-7-5-6-10-19-14/h5-11,15H,3-4,12H2,1-2H3. The lowest BCUT2D eigenvalue weighted by molar-refractivity contribution is 0.287. The molecule has 0 aliphatic rings. The zero-order valence-electron chi connectivity index (χ0n) is 12.4. The second-order valence-electron chi connectivity index (χ2n) is 4.56. The zero-order chi connectivity index (χ0) is 15.1. The Kier molecular flexibility index (Phi) is 6.05. The number of alkyl halides is 1. The van der Waals surface area contributed by atoms with Crippen molar-refractivity contribution in [3.63, 3.8) is 0 Å². The van der Waals surface area contributed by atoms with Gasteiger partial charge in [-0.05, 0) is 43.7 Å². The van der Waals surface area contributed by atoms with Crippen molar-refractivity contribution in [2.24, 2.45) is 0 Å². The third kappa shape index (κ3) is 4.46. The Morgan fingerprint density at radius 2 is 1.81 bits per heavy atom. The number of ether oxygens (including phenoxy) is 2. The molecule has 0 N–H and O–H groups in total. The minimum atomic E-state index is 0.197. The molecule has 0 amide bonds. The molecule has 1 aromatic carbocycles. The van der Waals surface area contributed by atoms with Crippen LogP contribution in [0.1, 0.15) is 29.9 Å². The van der Waals surface area contributed by atoms with Crippen molar-refractivity contribution in [2.45, 2.75) is 25.1 Å². The van der Waals surface area contributed by atoms with Gasteiger partial charge in [-0.15, -0.1) is 0 Å². The molecule has 0 radical (unpaired) electrons. The van der Waals surface area contributed by atoms with Crippen molar-refractivity contribution in [3.8, 4) is 11.5 Å². The average Bonchev–Trinajstić information content (AvgIpc) is 2.50. The number of hydrogen-bond acceptors (Lipinski definition) is 3. The van der Waals surface area contributed by atoms with E-state index in [2.05, 4.69) is 27.0 Å². The van der Waals surface area contributed by atoms with Crippen LogP contribution in [0.25, 0.3) is 0 Å². The molecule has 0 saturated carbocycles. The van der Waals surface area contributed by atoms with Crippen LogP contribution in [-0.4, -0.2) is 18.2 Å².